The Morgan fingerprint density at radius 2 is 2.36 bits per heavy atom. The maximum absolute atomic E-state index is 11.0. The van der Waals surface area contributed by atoms with E-state index in [0.29, 0.717) is 17.4 Å². The minimum absolute atomic E-state index is 0.00845. The van der Waals surface area contributed by atoms with Crippen LogP contribution in [-0.4, -0.2) is 39.3 Å². The first kappa shape index (κ1) is 15.2. The van der Waals surface area contributed by atoms with Crippen LogP contribution in [0.2, 0.25) is 5.02 Å². The number of cyclic esters (lactones) is 1. The Balaban J connectivity index is 1.77. The molecule has 8 heteroatoms. The van der Waals surface area contributed by atoms with Crippen molar-refractivity contribution >= 4 is 29.5 Å². The van der Waals surface area contributed by atoms with E-state index in [1.165, 1.54) is 0 Å². The van der Waals surface area contributed by atoms with Crippen LogP contribution in [0.5, 0.6) is 0 Å². The molecule has 0 saturated carbocycles. The van der Waals surface area contributed by atoms with Crippen LogP contribution in [-0.2, 0) is 11.3 Å². The van der Waals surface area contributed by atoms with Gasteiger partial charge in [0.1, 0.15) is 6.61 Å². The highest BCUT2D eigenvalue weighted by Crippen LogP contribution is 2.26. The van der Waals surface area contributed by atoms with Crippen LogP contribution in [0, 0.1) is 0 Å². The third-order valence-electron chi connectivity index (χ3n) is 3.27. The summed E-state index contributed by atoms with van der Waals surface area (Å²) >= 11 is 7.59. The van der Waals surface area contributed by atoms with Crippen molar-refractivity contribution in [2.24, 2.45) is 0 Å². The highest BCUT2D eigenvalue weighted by atomic mass is 35.5. The molecule has 0 aliphatic carbocycles. The number of thioether (sulfide) groups is 1. The Kier molecular flexibility index (Phi) is 4.54. The predicted molar refractivity (Wildman–Crippen MR) is 85.1 cm³/mol. The van der Waals surface area contributed by atoms with E-state index in [1.807, 2.05) is 35.8 Å². The molecule has 116 valence electrons. The lowest BCUT2D eigenvalue weighted by atomic mass is 10.2. The average molecular weight is 339 g/mol. The van der Waals surface area contributed by atoms with Crippen molar-refractivity contribution in [2.75, 3.05) is 12.4 Å². The molecule has 1 amide bonds. The van der Waals surface area contributed by atoms with Crippen LogP contribution in [0.4, 0.5) is 4.79 Å². The van der Waals surface area contributed by atoms with Crippen molar-refractivity contribution in [2.45, 2.75) is 24.7 Å². The van der Waals surface area contributed by atoms with Gasteiger partial charge in [0.25, 0.3) is 0 Å². The van der Waals surface area contributed by atoms with Gasteiger partial charge in [-0.2, -0.15) is 0 Å². The van der Waals surface area contributed by atoms with Gasteiger partial charge in [0.2, 0.25) is 0 Å². The second-order valence-electron chi connectivity index (χ2n) is 4.81. The first-order valence-electron chi connectivity index (χ1n) is 6.92. The number of rotatable bonds is 5. The second-order valence-corrected chi connectivity index (χ2v) is 6.24. The van der Waals surface area contributed by atoms with Gasteiger partial charge in [0, 0.05) is 22.9 Å². The van der Waals surface area contributed by atoms with E-state index in [1.54, 1.807) is 11.8 Å². The second kappa shape index (κ2) is 6.58. The first-order chi connectivity index (χ1) is 10.7. The van der Waals surface area contributed by atoms with Gasteiger partial charge < -0.3 is 14.6 Å². The smallest absolute Gasteiger partial charge is 0.407 e. The van der Waals surface area contributed by atoms with Crippen LogP contribution >= 0.6 is 23.4 Å². The van der Waals surface area contributed by atoms with E-state index in [-0.39, 0.29) is 12.1 Å². The van der Waals surface area contributed by atoms with E-state index in [9.17, 15) is 4.79 Å². The minimum atomic E-state index is -0.359. The molecule has 1 aliphatic heterocycles. The summed E-state index contributed by atoms with van der Waals surface area (Å²) in [7, 11) is 0. The number of hydrogen-bond acceptors (Lipinski definition) is 5. The highest BCUT2D eigenvalue weighted by molar-refractivity contribution is 7.99. The van der Waals surface area contributed by atoms with Gasteiger partial charge >= 0.3 is 6.09 Å². The number of benzene rings is 1. The monoisotopic (exact) mass is 338 g/mol. The summed E-state index contributed by atoms with van der Waals surface area (Å²) in [6.07, 6.45) is -0.359. The molecule has 1 saturated heterocycles. The van der Waals surface area contributed by atoms with Crippen molar-refractivity contribution in [3.63, 3.8) is 0 Å². The van der Waals surface area contributed by atoms with Crippen LogP contribution in [0.1, 0.15) is 6.92 Å². The van der Waals surface area contributed by atoms with E-state index in [2.05, 4.69) is 15.5 Å². The van der Waals surface area contributed by atoms with Gasteiger partial charge in [-0.15, -0.1) is 10.2 Å². The molecule has 2 aromatic rings. The third kappa shape index (κ3) is 3.20. The molecule has 0 unspecified atom stereocenters. The maximum Gasteiger partial charge on any atom is 0.407 e. The standard InChI is InChI=1S/C14H15ClN4O2S/c1-2-19-12(9-4-3-5-10(15)6-9)17-18-13(19)22-8-11-7-21-14(20)16-11/h3-6,11H,2,7-8H2,1H3,(H,16,20)/t11-/m1/s1. The van der Waals surface area contributed by atoms with Gasteiger partial charge in [-0.1, -0.05) is 35.5 Å². The number of nitrogens with zero attached hydrogens (tertiary/aromatic N) is 3. The van der Waals surface area contributed by atoms with Crippen molar-refractivity contribution in [3.05, 3.63) is 29.3 Å². The SMILES string of the molecule is CCn1c(SC[C@H]2COC(=O)N2)nnc1-c1cccc(Cl)c1. The van der Waals surface area contributed by atoms with E-state index >= 15 is 0 Å². The van der Waals surface area contributed by atoms with E-state index in [0.717, 1.165) is 23.1 Å². The van der Waals surface area contributed by atoms with Crippen LogP contribution < -0.4 is 5.32 Å². The zero-order valence-corrected chi connectivity index (χ0v) is 13.5. The lowest BCUT2D eigenvalue weighted by molar-refractivity contribution is 0.177. The number of aromatic nitrogens is 3. The summed E-state index contributed by atoms with van der Waals surface area (Å²) in [5, 5.41) is 12.8. The number of halogens is 1. The molecule has 1 aromatic carbocycles. The number of amides is 1. The van der Waals surface area contributed by atoms with Gasteiger partial charge in [0.15, 0.2) is 11.0 Å². The quantitative estimate of drug-likeness (QED) is 0.849. The normalized spacial score (nSPS) is 17.4. The number of ether oxygens (including phenoxy) is 1. The summed E-state index contributed by atoms with van der Waals surface area (Å²) in [5.41, 5.74) is 0.936. The molecule has 1 atom stereocenters. The molecule has 22 heavy (non-hydrogen) atoms. The van der Waals surface area contributed by atoms with Crippen molar-refractivity contribution in [3.8, 4) is 11.4 Å². The molecule has 3 rings (SSSR count). The Morgan fingerprint density at radius 3 is 3.05 bits per heavy atom. The van der Waals surface area contributed by atoms with E-state index < -0.39 is 0 Å². The molecular formula is C14H15ClN4O2S. The summed E-state index contributed by atoms with van der Waals surface area (Å²) in [6, 6.07) is 7.56. The van der Waals surface area contributed by atoms with Crippen LogP contribution in [0.25, 0.3) is 11.4 Å². The number of carbonyl (C=O) groups excluding carboxylic acids is 1. The summed E-state index contributed by atoms with van der Waals surface area (Å²) in [5.74, 6) is 1.48. The molecule has 1 aliphatic rings. The van der Waals surface area contributed by atoms with Crippen molar-refractivity contribution < 1.29 is 9.53 Å². The molecule has 1 N–H and O–H groups in total. The number of hydrogen-bond donors (Lipinski definition) is 1. The molecule has 0 spiro atoms. The molecule has 6 nitrogen and oxygen atoms in total. The maximum atomic E-state index is 11.0. The minimum Gasteiger partial charge on any atom is -0.447 e. The number of nitrogens with one attached hydrogen (secondary N) is 1. The molecule has 1 fully saturated rings. The molecular weight excluding hydrogens is 324 g/mol. The van der Waals surface area contributed by atoms with Crippen molar-refractivity contribution in [1.29, 1.82) is 0 Å². The zero-order chi connectivity index (χ0) is 15.5. The van der Waals surface area contributed by atoms with Crippen LogP contribution in [0.15, 0.2) is 29.4 Å². The van der Waals surface area contributed by atoms with Gasteiger partial charge in [-0.05, 0) is 19.1 Å². The summed E-state index contributed by atoms with van der Waals surface area (Å²) in [4.78, 5) is 11.0. The lowest BCUT2D eigenvalue weighted by Crippen LogP contribution is -2.28. The summed E-state index contributed by atoms with van der Waals surface area (Å²) in [6.45, 7) is 3.19. The van der Waals surface area contributed by atoms with Gasteiger partial charge in [-0.3, -0.25) is 0 Å². The Morgan fingerprint density at radius 1 is 1.50 bits per heavy atom. The molecule has 0 radical (unpaired) electrons. The lowest BCUT2D eigenvalue weighted by Gasteiger charge is -2.09. The van der Waals surface area contributed by atoms with Gasteiger partial charge in [0.05, 0.1) is 6.04 Å². The fourth-order valence-electron chi connectivity index (χ4n) is 2.21. The number of carbonyl (C=O) groups is 1. The molecule has 1 aromatic heterocycles. The van der Waals surface area contributed by atoms with Gasteiger partial charge in [-0.25, -0.2) is 4.79 Å². The largest absolute Gasteiger partial charge is 0.447 e. The topological polar surface area (TPSA) is 69.0 Å². The Hall–Kier alpha value is -1.73. The van der Waals surface area contributed by atoms with Crippen LogP contribution in [0.3, 0.4) is 0 Å². The average Bonchev–Trinajstić information content (AvgIpc) is 3.10. The fraction of sp³-hybridized carbons (Fsp3) is 0.357. The van der Waals surface area contributed by atoms with Crippen molar-refractivity contribution in [1.82, 2.24) is 20.1 Å². The Bertz CT molecular complexity index is 691. The van der Waals surface area contributed by atoms with E-state index in [4.69, 9.17) is 16.3 Å². The summed E-state index contributed by atoms with van der Waals surface area (Å²) < 4.78 is 6.91. The fourth-order valence-corrected chi connectivity index (χ4v) is 3.40. The first-order valence-corrected chi connectivity index (χ1v) is 8.29. The Labute approximate surface area is 137 Å². The molecule has 2 heterocycles. The zero-order valence-electron chi connectivity index (χ0n) is 12.0. The predicted octanol–water partition coefficient (Wildman–Crippen LogP) is 2.82. The third-order valence-corrected chi connectivity index (χ3v) is 4.63. The number of alkyl carbamates (subject to hydrolysis) is 1. The highest BCUT2D eigenvalue weighted by Gasteiger charge is 2.23. The molecule has 0 bridgehead atoms.